The normalized spacial score (nSPS) is 12.0. The van der Waals surface area contributed by atoms with E-state index < -0.39 is 0 Å². The topological polar surface area (TPSA) is 36.9 Å². The number of ether oxygens (including phenoxy) is 4. The van der Waals surface area contributed by atoms with E-state index in [1.807, 2.05) is 0 Å². The van der Waals surface area contributed by atoms with Crippen LogP contribution in [0.2, 0.25) is 0 Å². The molecular formula is C25H50O4. The molecule has 0 atom stereocenters. The summed E-state index contributed by atoms with van der Waals surface area (Å²) in [5, 5.41) is 0. The summed E-state index contributed by atoms with van der Waals surface area (Å²) in [6.07, 6.45) is 17.4. The second-order valence-electron chi connectivity index (χ2n) is 7.86. The van der Waals surface area contributed by atoms with Gasteiger partial charge in [-0.05, 0) is 25.7 Å². The van der Waals surface area contributed by atoms with Gasteiger partial charge in [-0.3, -0.25) is 0 Å². The van der Waals surface area contributed by atoms with Crippen molar-refractivity contribution in [3.8, 4) is 0 Å². The molecular weight excluding hydrogens is 364 g/mol. The molecule has 0 radical (unpaired) electrons. The minimum absolute atomic E-state index is 0.241. The zero-order chi connectivity index (χ0) is 21.4. The van der Waals surface area contributed by atoms with Gasteiger partial charge in [0.05, 0.1) is 19.8 Å². The van der Waals surface area contributed by atoms with Crippen LogP contribution in [-0.2, 0) is 18.9 Å². The second-order valence-corrected chi connectivity index (χ2v) is 7.86. The van der Waals surface area contributed by atoms with Crippen LogP contribution >= 0.6 is 0 Å². The first-order valence-electron chi connectivity index (χ1n) is 12.5. The highest BCUT2D eigenvalue weighted by Crippen LogP contribution is 2.19. The minimum Gasteiger partial charge on any atom is -0.491 e. The first-order valence-corrected chi connectivity index (χ1v) is 12.5. The lowest BCUT2D eigenvalue weighted by atomic mass is 10.2. The molecule has 0 spiro atoms. The van der Waals surface area contributed by atoms with Crippen LogP contribution < -0.4 is 0 Å². The molecule has 0 fully saturated rings. The molecule has 0 aromatic heterocycles. The number of hydrogen-bond acceptors (Lipinski definition) is 4. The summed E-state index contributed by atoms with van der Waals surface area (Å²) < 4.78 is 23.7. The van der Waals surface area contributed by atoms with E-state index >= 15 is 0 Å². The minimum atomic E-state index is 0.241. The average Bonchev–Trinajstić information content (AvgIpc) is 2.73. The molecule has 0 heterocycles. The number of rotatable bonds is 23. The fourth-order valence-corrected chi connectivity index (χ4v) is 3.00. The molecule has 29 heavy (non-hydrogen) atoms. The van der Waals surface area contributed by atoms with Gasteiger partial charge in [0.1, 0.15) is 0 Å². The molecule has 0 N–H and O–H groups in total. The Morgan fingerprint density at radius 1 is 0.483 bits per heavy atom. The highest BCUT2D eigenvalue weighted by molar-refractivity contribution is 4.95. The Kier molecular flexibility index (Phi) is 22.7. The Morgan fingerprint density at radius 3 is 1.62 bits per heavy atom. The van der Waals surface area contributed by atoms with Gasteiger partial charge in [0.25, 0.3) is 0 Å². The van der Waals surface area contributed by atoms with E-state index in [9.17, 15) is 0 Å². The van der Waals surface area contributed by atoms with Crippen molar-refractivity contribution < 1.29 is 18.9 Å². The van der Waals surface area contributed by atoms with Gasteiger partial charge in [0.2, 0.25) is 0 Å². The van der Waals surface area contributed by atoms with Crippen LogP contribution in [0.1, 0.15) is 124 Å². The lowest BCUT2D eigenvalue weighted by Gasteiger charge is -2.18. The Morgan fingerprint density at radius 2 is 1.00 bits per heavy atom. The van der Waals surface area contributed by atoms with Crippen molar-refractivity contribution in [1.29, 1.82) is 0 Å². The molecule has 4 nitrogen and oxygen atoms in total. The molecule has 0 bridgehead atoms. The van der Waals surface area contributed by atoms with Crippen molar-refractivity contribution in [2.24, 2.45) is 0 Å². The first kappa shape index (κ1) is 28.1. The molecule has 174 valence electrons. The van der Waals surface area contributed by atoms with Gasteiger partial charge in [-0.15, -0.1) is 0 Å². The monoisotopic (exact) mass is 414 g/mol. The molecule has 0 unspecified atom stereocenters. The van der Waals surface area contributed by atoms with E-state index in [4.69, 9.17) is 18.9 Å². The predicted molar refractivity (Wildman–Crippen MR) is 123 cm³/mol. The highest BCUT2D eigenvalue weighted by Gasteiger charge is 2.13. The van der Waals surface area contributed by atoms with E-state index in [1.165, 1.54) is 64.2 Å². The van der Waals surface area contributed by atoms with E-state index in [0.717, 1.165) is 51.1 Å². The fraction of sp³-hybridized carbons (Fsp3) is 0.920. The van der Waals surface area contributed by atoms with Crippen LogP contribution in [0.25, 0.3) is 0 Å². The molecule has 0 aliphatic rings. The highest BCUT2D eigenvalue weighted by atomic mass is 16.7. The van der Waals surface area contributed by atoms with E-state index in [1.54, 1.807) is 0 Å². The predicted octanol–water partition coefficient (Wildman–Crippen LogP) is 8.11. The van der Waals surface area contributed by atoms with E-state index in [-0.39, 0.29) is 6.79 Å². The number of hydrogen-bond donors (Lipinski definition) is 0. The summed E-state index contributed by atoms with van der Waals surface area (Å²) in [5.41, 5.74) is 0. The first-order chi connectivity index (χ1) is 14.3. The molecule has 0 saturated heterocycles. The Balaban J connectivity index is 4.73. The third kappa shape index (κ3) is 18.8. The van der Waals surface area contributed by atoms with Crippen LogP contribution in [0.3, 0.4) is 0 Å². The second kappa shape index (κ2) is 23.4. The lowest BCUT2D eigenvalue weighted by molar-refractivity contribution is -0.0845. The molecule has 0 aromatic rings. The third-order valence-electron chi connectivity index (χ3n) is 4.91. The molecule has 0 saturated carbocycles. The van der Waals surface area contributed by atoms with Crippen molar-refractivity contribution in [3.63, 3.8) is 0 Å². The van der Waals surface area contributed by atoms with Crippen molar-refractivity contribution in [3.05, 3.63) is 11.7 Å². The molecule has 4 heteroatoms. The largest absolute Gasteiger partial charge is 0.491 e. The van der Waals surface area contributed by atoms with Gasteiger partial charge in [-0.25, -0.2) is 0 Å². The zero-order valence-electron chi connectivity index (χ0n) is 20.1. The molecule has 0 aliphatic heterocycles. The van der Waals surface area contributed by atoms with Gasteiger partial charge >= 0.3 is 5.95 Å². The number of allylic oxidation sites excluding steroid dienone is 1. The maximum absolute atomic E-state index is 6.15. The summed E-state index contributed by atoms with van der Waals surface area (Å²) in [6.45, 7) is 11.3. The summed E-state index contributed by atoms with van der Waals surface area (Å²) in [6, 6.07) is 0. The molecule has 0 aliphatic carbocycles. The molecule has 0 rings (SSSR count). The summed E-state index contributed by atoms with van der Waals surface area (Å²) in [5.74, 6) is 1.44. The lowest BCUT2D eigenvalue weighted by Crippen LogP contribution is -2.10. The van der Waals surface area contributed by atoms with Crippen LogP contribution in [0, 0.1) is 0 Å². The van der Waals surface area contributed by atoms with Gasteiger partial charge < -0.3 is 18.9 Å². The van der Waals surface area contributed by atoms with Crippen LogP contribution in [0.4, 0.5) is 0 Å². The van der Waals surface area contributed by atoms with Gasteiger partial charge in [-0.1, -0.05) is 91.9 Å². The van der Waals surface area contributed by atoms with Crippen molar-refractivity contribution >= 4 is 0 Å². The molecule has 0 aromatic carbocycles. The maximum atomic E-state index is 6.15. The third-order valence-corrected chi connectivity index (χ3v) is 4.91. The summed E-state index contributed by atoms with van der Waals surface area (Å²) >= 11 is 0. The maximum Gasteiger partial charge on any atom is 0.321 e. The van der Waals surface area contributed by atoms with Crippen molar-refractivity contribution in [2.45, 2.75) is 124 Å². The summed E-state index contributed by atoms with van der Waals surface area (Å²) in [4.78, 5) is 0. The standard InChI is InChI=1S/C25H50O4/c1-5-9-13-17-21-27-24(19-15-11-7-3)25(28-22-18-14-10-6-2)29-23-26-20-16-12-8-4/h5-23H2,1-4H3. The van der Waals surface area contributed by atoms with E-state index in [0.29, 0.717) is 12.6 Å². The van der Waals surface area contributed by atoms with Gasteiger partial charge in [-0.2, -0.15) is 0 Å². The van der Waals surface area contributed by atoms with Crippen LogP contribution in [-0.4, -0.2) is 26.6 Å². The zero-order valence-corrected chi connectivity index (χ0v) is 20.1. The molecule has 0 amide bonds. The van der Waals surface area contributed by atoms with Crippen molar-refractivity contribution in [2.75, 3.05) is 26.6 Å². The summed E-state index contributed by atoms with van der Waals surface area (Å²) in [7, 11) is 0. The van der Waals surface area contributed by atoms with Gasteiger partial charge in [0.15, 0.2) is 12.6 Å². The quantitative estimate of drug-likeness (QED) is 0.0961. The van der Waals surface area contributed by atoms with E-state index in [2.05, 4.69) is 27.7 Å². The Hall–Kier alpha value is -0.900. The number of unbranched alkanes of at least 4 members (excludes halogenated alkanes) is 10. The van der Waals surface area contributed by atoms with Crippen molar-refractivity contribution in [1.82, 2.24) is 0 Å². The van der Waals surface area contributed by atoms with Crippen LogP contribution in [0.15, 0.2) is 11.7 Å². The SMILES string of the molecule is CCCCCCOC(CCCCC)=C(OCCCCCC)OCOCCCCC. The Labute approximate surface area is 181 Å². The van der Waals surface area contributed by atoms with Gasteiger partial charge in [0, 0.05) is 6.42 Å². The smallest absolute Gasteiger partial charge is 0.321 e. The Bertz CT molecular complexity index is 355. The average molecular weight is 415 g/mol. The fourth-order valence-electron chi connectivity index (χ4n) is 3.00. The van der Waals surface area contributed by atoms with Crippen LogP contribution in [0.5, 0.6) is 0 Å².